The summed E-state index contributed by atoms with van der Waals surface area (Å²) in [4.78, 5) is 12.1. The highest BCUT2D eigenvalue weighted by Crippen LogP contribution is 2.27. The van der Waals surface area contributed by atoms with Gasteiger partial charge in [0.1, 0.15) is 5.75 Å². The lowest BCUT2D eigenvalue weighted by atomic mass is 10.1. The number of carbonyl (C=O) groups is 1. The lowest BCUT2D eigenvalue weighted by Gasteiger charge is -2.11. The Morgan fingerprint density at radius 3 is 2.62 bits per heavy atom. The summed E-state index contributed by atoms with van der Waals surface area (Å²) in [6.45, 7) is 0.519. The first-order chi connectivity index (χ1) is 10.1. The van der Waals surface area contributed by atoms with E-state index in [4.69, 9.17) is 16.3 Å². The maximum Gasteiger partial charge on any atom is 0.164 e. The van der Waals surface area contributed by atoms with Crippen LogP contribution in [-0.4, -0.2) is 19.4 Å². The molecule has 0 aliphatic carbocycles. The SMILES string of the molecule is COc1ccc(Cl)cc1NCCC(=O)c1ccc(Br)cc1. The molecule has 0 saturated heterocycles. The van der Waals surface area contributed by atoms with E-state index in [0.29, 0.717) is 29.3 Å². The van der Waals surface area contributed by atoms with E-state index >= 15 is 0 Å². The summed E-state index contributed by atoms with van der Waals surface area (Å²) in [5, 5.41) is 3.80. The van der Waals surface area contributed by atoms with Crippen LogP contribution in [0.15, 0.2) is 46.9 Å². The predicted octanol–water partition coefficient (Wildman–Crippen LogP) is 4.80. The first-order valence-electron chi connectivity index (χ1n) is 6.46. The summed E-state index contributed by atoms with van der Waals surface area (Å²) in [5.41, 5.74) is 1.49. The molecule has 3 nitrogen and oxygen atoms in total. The fourth-order valence-electron chi connectivity index (χ4n) is 1.91. The van der Waals surface area contributed by atoms with Gasteiger partial charge in [0.2, 0.25) is 0 Å². The van der Waals surface area contributed by atoms with Gasteiger partial charge < -0.3 is 10.1 Å². The molecule has 0 unspecified atom stereocenters. The van der Waals surface area contributed by atoms with E-state index in [-0.39, 0.29) is 5.78 Å². The Balaban J connectivity index is 1.93. The number of anilines is 1. The van der Waals surface area contributed by atoms with Crippen molar-refractivity contribution in [3.63, 3.8) is 0 Å². The molecule has 0 bridgehead atoms. The van der Waals surface area contributed by atoms with Gasteiger partial charge in [-0.2, -0.15) is 0 Å². The number of ether oxygens (including phenoxy) is 1. The molecule has 0 atom stereocenters. The molecule has 110 valence electrons. The summed E-state index contributed by atoms with van der Waals surface area (Å²) in [5.74, 6) is 0.798. The van der Waals surface area contributed by atoms with Gasteiger partial charge in [0.25, 0.3) is 0 Å². The van der Waals surface area contributed by atoms with E-state index in [1.807, 2.05) is 24.3 Å². The van der Waals surface area contributed by atoms with Crippen LogP contribution in [0.4, 0.5) is 5.69 Å². The molecule has 5 heteroatoms. The fraction of sp³-hybridized carbons (Fsp3) is 0.188. The van der Waals surface area contributed by atoms with Gasteiger partial charge in [0.15, 0.2) is 5.78 Å². The minimum Gasteiger partial charge on any atom is -0.495 e. The molecular formula is C16H15BrClNO2. The topological polar surface area (TPSA) is 38.3 Å². The summed E-state index contributed by atoms with van der Waals surface area (Å²) in [6.07, 6.45) is 0.400. The Morgan fingerprint density at radius 1 is 1.24 bits per heavy atom. The minimum atomic E-state index is 0.0935. The average molecular weight is 369 g/mol. The molecule has 0 saturated carbocycles. The zero-order chi connectivity index (χ0) is 15.2. The zero-order valence-electron chi connectivity index (χ0n) is 11.5. The second kappa shape index (κ2) is 7.48. The molecule has 0 heterocycles. The van der Waals surface area contributed by atoms with Gasteiger partial charge in [0.05, 0.1) is 12.8 Å². The number of halogens is 2. The third-order valence-corrected chi connectivity index (χ3v) is 3.76. The highest BCUT2D eigenvalue weighted by Gasteiger charge is 2.07. The van der Waals surface area contributed by atoms with E-state index < -0.39 is 0 Å². The van der Waals surface area contributed by atoms with Crippen LogP contribution in [0.1, 0.15) is 16.8 Å². The molecule has 0 aromatic heterocycles. The second-order valence-corrected chi connectivity index (χ2v) is 5.80. The molecule has 0 radical (unpaired) electrons. The number of carbonyl (C=O) groups excluding carboxylic acids is 1. The maximum absolute atomic E-state index is 12.1. The van der Waals surface area contributed by atoms with E-state index in [2.05, 4.69) is 21.2 Å². The average Bonchev–Trinajstić information content (AvgIpc) is 2.48. The fourth-order valence-corrected chi connectivity index (χ4v) is 2.35. The van der Waals surface area contributed by atoms with Gasteiger partial charge in [-0.1, -0.05) is 39.7 Å². The van der Waals surface area contributed by atoms with Crippen molar-refractivity contribution in [2.45, 2.75) is 6.42 Å². The molecule has 2 aromatic carbocycles. The van der Waals surface area contributed by atoms with Crippen molar-refractivity contribution >= 4 is 39.0 Å². The van der Waals surface area contributed by atoms with Gasteiger partial charge in [-0.3, -0.25) is 4.79 Å². The predicted molar refractivity (Wildman–Crippen MR) is 89.6 cm³/mol. The number of hydrogen-bond donors (Lipinski definition) is 1. The van der Waals surface area contributed by atoms with Crippen LogP contribution in [0.25, 0.3) is 0 Å². The largest absolute Gasteiger partial charge is 0.495 e. The third-order valence-electron chi connectivity index (χ3n) is 3.00. The smallest absolute Gasteiger partial charge is 0.164 e. The van der Waals surface area contributed by atoms with Crippen molar-refractivity contribution < 1.29 is 9.53 Å². The van der Waals surface area contributed by atoms with E-state index in [9.17, 15) is 4.79 Å². The number of hydrogen-bond acceptors (Lipinski definition) is 3. The Kier molecular flexibility index (Phi) is 5.65. The highest BCUT2D eigenvalue weighted by molar-refractivity contribution is 9.10. The van der Waals surface area contributed by atoms with Crippen molar-refractivity contribution in [2.75, 3.05) is 19.0 Å². The molecule has 0 fully saturated rings. The number of rotatable bonds is 6. The van der Waals surface area contributed by atoms with Crippen LogP contribution in [0, 0.1) is 0 Å². The summed E-state index contributed by atoms with van der Waals surface area (Å²) in [6, 6.07) is 12.7. The van der Waals surface area contributed by atoms with Crippen molar-refractivity contribution in [3.8, 4) is 5.75 Å². The van der Waals surface area contributed by atoms with Gasteiger partial charge in [-0.25, -0.2) is 0 Å². The first kappa shape index (κ1) is 15.9. The van der Waals surface area contributed by atoms with Crippen LogP contribution in [0.2, 0.25) is 5.02 Å². The van der Waals surface area contributed by atoms with Crippen molar-refractivity contribution in [1.82, 2.24) is 0 Å². The van der Waals surface area contributed by atoms with E-state index in [0.717, 1.165) is 10.2 Å². The standard InChI is InChI=1S/C16H15BrClNO2/c1-21-16-7-6-13(18)10-14(16)19-9-8-15(20)11-2-4-12(17)5-3-11/h2-7,10,19H,8-9H2,1H3. The number of nitrogens with one attached hydrogen (secondary N) is 1. The lowest BCUT2D eigenvalue weighted by molar-refractivity contribution is 0.0986. The van der Waals surface area contributed by atoms with Gasteiger partial charge in [0, 0.05) is 28.0 Å². The van der Waals surface area contributed by atoms with Crippen LogP contribution >= 0.6 is 27.5 Å². The number of methoxy groups -OCH3 is 1. The molecule has 21 heavy (non-hydrogen) atoms. The normalized spacial score (nSPS) is 10.2. The Hall–Kier alpha value is -1.52. The quantitative estimate of drug-likeness (QED) is 0.745. The monoisotopic (exact) mass is 367 g/mol. The number of Topliss-reactive ketones (excluding diaryl/α,β-unsaturated/α-hetero) is 1. The molecule has 0 aliphatic heterocycles. The molecule has 1 N–H and O–H groups in total. The van der Waals surface area contributed by atoms with Crippen LogP contribution in [0.5, 0.6) is 5.75 Å². The van der Waals surface area contributed by atoms with E-state index in [1.54, 1.807) is 25.3 Å². The Bertz CT molecular complexity index is 629. The Morgan fingerprint density at radius 2 is 1.95 bits per heavy atom. The van der Waals surface area contributed by atoms with E-state index in [1.165, 1.54) is 0 Å². The van der Waals surface area contributed by atoms with Crippen molar-refractivity contribution in [3.05, 3.63) is 57.5 Å². The molecule has 0 amide bonds. The minimum absolute atomic E-state index is 0.0935. The maximum atomic E-state index is 12.1. The van der Waals surface area contributed by atoms with Crippen LogP contribution in [0.3, 0.4) is 0 Å². The van der Waals surface area contributed by atoms with Crippen molar-refractivity contribution in [1.29, 1.82) is 0 Å². The number of benzene rings is 2. The van der Waals surface area contributed by atoms with Crippen LogP contribution < -0.4 is 10.1 Å². The second-order valence-electron chi connectivity index (χ2n) is 4.45. The van der Waals surface area contributed by atoms with Crippen LogP contribution in [-0.2, 0) is 0 Å². The highest BCUT2D eigenvalue weighted by atomic mass is 79.9. The molecule has 2 aromatic rings. The third kappa shape index (κ3) is 4.48. The zero-order valence-corrected chi connectivity index (χ0v) is 13.9. The summed E-state index contributed by atoms with van der Waals surface area (Å²) in [7, 11) is 1.60. The molecule has 0 aliphatic rings. The lowest BCUT2D eigenvalue weighted by Crippen LogP contribution is -2.09. The summed E-state index contributed by atoms with van der Waals surface area (Å²) < 4.78 is 6.20. The molecular weight excluding hydrogens is 354 g/mol. The van der Waals surface area contributed by atoms with Crippen molar-refractivity contribution in [2.24, 2.45) is 0 Å². The number of ketones is 1. The Labute approximate surface area is 137 Å². The van der Waals surface area contributed by atoms with Gasteiger partial charge in [-0.15, -0.1) is 0 Å². The van der Waals surface area contributed by atoms with Gasteiger partial charge >= 0.3 is 0 Å². The first-order valence-corrected chi connectivity index (χ1v) is 7.63. The molecule has 0 spiro atoms. The van der Waals surface area contributed by atoms with Gasteiger partial charge in [-0.05, 0) is 30.3 Å². The summed E-state index contributed by atoms with van der Waals surface area (Å²) >= 11 is 9.31. The molecule has 2 rings (SSSR count).